The number of halogens is 1. The van der Waals surface area contributed by atoms with Gasteiger partial charge in [-0.05, 0) is 63.6 Å². The van der Waals surface area contributed by atoms with E-state index in [9.17, 15) is 9.59 Å². The van der Waals surface area contributed by atoms with Crippen LogP contribution in [0.4, 0.5) is 5.69 Å². The van der Waals surface area contributed by atoms with Crippen LogP contribution in [0.3, 0.4) is 0 Å². The second kappa shape index (κ2) is 8.65. The predicted molar refractivity (Wildman–Crippen MR) is 101 cm³/mol. The number of carbonyl (C=O) groups excluding carboxylic acids is 2. The lowest BCUT2D eigenvalue weighted by Gasteiger charge is -2.28. The molecule has 0 bridgehead atoms. The molecule has 1 saturated carbocycles. The molecule has 0 aromatic heterocycles. The summed E-state index contributed by atoms with van der Waals surface area (Å²) in [4.78, 5) is 24.6. The number of amides is 2. The van der Waals surface area contributed by atoms with Gasteiger partial charge in [-0.3, -0.25) is 9.59 Å². The van der Waals surface area contributed by atoms with E-state index in [0.29, 0.717) is 0 Å². The van der Waals surface area contributed by atoms with Crippen LogP contribution >= 0.6 is 15.9 Å². The number of hydrogen-bond acceptors (Lipinski definition) is 2. The maximum atomic E-state index is 12.4. The van der Waals surface area contributed by atoms with E-state index in [1.165, 1.54) is 0 Å². The molecule has 1 unspecified atom stereocenters. The molecule has 2 N–H and O–H groups in total. The van der Waals surface area contributed by atoms with Crippen molar-refractivity contribution in [2.75, 3.05) is 5.32 Å². The molecule has 0 radical (unpaired) electrons. The Balaban J connectivity index is 1.84. The largest absolute Gasteiger partial charge is 0.353 e. The lowest BCUT2D eigenvalue weighted by Crippen LogP contribution is -2.39. The molecule has 0 saturated heterocycles. The molecule has 132 valence electrons. The Morgan fingerprint density at radius 3 is 2.29 bits per heavy atom. The third-order valence-corrected chi connectivity index (χ3v) is 5.76. The third kappa shape index (κ3) is 5.07. The smallest absolute Gasteiger partial charge is 0.227 e. The first kappa shape index (κ1) is 19.0. The molecular weight excluding hydrogens is 368 g/mol. The lowest BCUT2D eigenvalue weighted by atomic mass is 9.81. The summed E-state index contributed by atoms with van der Waals surface area (Å²) in [5.41, 5.74) is 1.95. The highest BCUT2D eigenvalue weighted by atomic mass is 79.9. The summed E-state index contributed by atoms with van der Waals surface area (Å²) in [7, 11) is 0. The van der Waals surface area contributed by atoms with Crippen LogP contribution in [-0.2, 0) is 9.59 Å². The first-order valence-electron chi connectivity index (χ1n) is 8.78. The number of anilines is 1. The van der Waals surface area contributed by atoms with Crippen molar-refractivity contribution in [3.8, 4) is 0 Å². The summed E-state index contributed by atoms with van der Waals surface area (Å²) in [5, 5.41) is 6.05. The van der Waals surface area contributed by atoms with Crippen LogP contribution in [0.2, 0.25) is 0 Å². The van der Waals surface area contributed by atoms with Gasteiger partial charge in [-0.2, -0.15) is 0 Å². The van der Waals surface area contributed by atoms with Gasteiger partial charge in [-0.25, -0.2) is 0 Å². The van der Waals surface area contributed by atoms with Gasteiger partial charge in [0.05, 0.1) is 0 Å². The molecular formula is C19H27BrN2O2. The zero-order valence-corrected chi connectivity index (χ0v) is 16.3. The Kier molecular flexibility index (Phi) is 6.84. The second-order valence-electron chi connectivity index (χ2n) is 6.82. The lowest BCUT2D eigenvalue weighted by molar-refractivity contribution is -0.129. The van der Waals surface area contributed by atoms with Crippen LogP contribution < -0.4 is 10.6 Å². The molecule has 0 heterocycles. The molecule has 2 rings (SSSR count). The number of benzene rings is 1. The first-order chi connectivity index (χ1) is 11.4. The Bertz CT molecular complexity index is 595. The fourth-order valence-corrected chi connectivity index (χ4v) is 3.37. The second-order valence-corrected chi connectivity index (χ2v) is 7.67. The summed E-state index contributed by atoms with van der Waals surface area (Å²) < 4.78 is 0.991. The number of carbonyl (C=O) groups is 2. The van der Waals surface area contributed by atoms with E-state index in [4.69, 9.17) is 0 Å². The van der Waals surface area contributed by atoms with E-state index >= 15 is 0 Å². The zero-order chi connectivity index (χ0) is 17.7. The van der Waals surface area contributed by atoms with E-state index < -0.39 is 0 Å². The molecule has 2 amide bonds. The van der Waals surface area contributed by atoms with Gasteiger partial charge in [0, 0.05) is 28.0 Å². The molecule has 0 aliphatic heterocycles. The summed E-state index contributed by atoms with van der Waals surface area (Å²) in [6.45, 7) is 6.10. The maximum absolute atomic E-state index is 12.4. The van der Waals surface area contributed by atoms with Gasteiger partial charge in [-0.1, -0.05) is 28.9 Å². The van der Waals surface area contributed by atoms with Crippen LogP contribution in [0.15, 0.2) is 22.7 Å². The van der Waals surface area contributed by atoms with Gasteiger partial charge in [0.2, 0.25) is 11.8 Å². The topological polar surface area (TPSA) is 58.2 Å². The van der Waals surface area contributed by atoms with Gasteiger partial charge in [0.25, 0.3) is 0 Å². The average Bonchev–Trinajstić information content (AvgIpc) is 2.58. The van der Waals surface area contributed by atoms with Gasteiger partial charge in [-0.15, -0.1) is 0 Å². The van der Waals surface area contributed by atoms with Gasteiger partial charge >= 0.3 is 0 Å². The van der Waals surface area contributed by atoms with Gasteiger partial charge in [0.1, 0.15) is 0 Å². The van der Waals surface area contributed by atoms with E-state index in [1.807, 2.05) is 32.0 Å². The van der Waals surface area contributed by atoms with E-state index in [-0.39, 0.29) is 29.7 Å². The van der Waals surface area contributed by atoms with Crippen LogP contribution in [0.25, 0.3) is 0 Å². The number of rotatable bonds is 5. The molecule has 1 aliphatic rings. The van der Waals surface area contributed by atoms with Crippen molar-refractivity contribution >= 4 is 33.4 Å². The minimum absolute atomic E-state index is 0.00210. The molecule has 5 heteroatoms. The van der Waals surface area contributed by atoms with Crippen molar-refractivity contribution in [2.24, 2.45) is 11.8 Å². The molecule has 1 fully saturated rings. The molecule has 1 atom stereocenters. The van der Waals surface area contributed by atoms with E-state index in [0.717, 1.165) is 47.8 Å². The number of aryl methyl sites for hydroxylation is 1. The summed E-state index contributed by atoms with van der Waals surface area (Å²) in [6, 6.07) is 6.05. The molecule has 1 aliphatic carbocycles. The predicted octanol–water partition coefficient (Wildman–Crippen LogP) is 4.42. The quantitative estimate of drug-likeness (QED) is 0.776. The molecule has 0 spiro atoms. The van der Waals surface area contributed by atoms with Gasteiger partial charge in [0.15, 0.2) is 0 Å². The Hall–Kier alpha value is -1.36. The molecule has 24 heavy (non-hydrogen) atoms. The highest BCUT2D eigenvalue weighted by Gasteiger charge is 2.30. The molecule has 1 aromatic carbocycles. The first-order valence-corrected chi connectivity index (χ1v) is 9.57. The molecule has 1 aromatic rings. The van der Waals surface area contributed by atoms with Crippen molar-refractivity contribution < 1.29 is 9.59 Å². The zero-order valence-electron chi connectivity index (χ0n) is 14.7. The van der Waals surface area contributed by atoms with Crippen LogP contribution in [0.5, 0.6) is 0 Å². The number of hydrogen-bond donors (Lipinski definition) is 2. The molecule has 4 nitrogen and oxygen atoms in total. The fraction of sp³-hybridized carbons (Fsp3) is 0.579. The SMILES string of the molecule is CCC(C)NC(=O)C1CCC(C(=O)Nc2ccc(C)c(Br)c2)CC1. The summed E-state index contributed by atoms with van der Waals surface area (Å²) >= 11 is 3.49. The number of nitrogens with one attached hydrogen (secondary N) is 2. The van der Waals surface area contributed by atoms with E-state index in [2.05, 4.69) is 33.5 Å². The van der Waals surface area contributed by atoms with Gasteiger partial charge < -0.3 is 10.6 Å². The Morgan fingerprint density at radius 2 is 1.75 bits per heavy atom. The van der Waals surface area contributed by atoms with Crippen LogP contribution in [-0.4, -0.2) is 17.9 Å². The van der Waals surface area contributed by atoms with Crippen molar-refractivity contribution in [1.29, 1.82) is 0 Å². The average molecular weight is 395 g/mol. The standard InChI is InChI=1S/C19H27BrN2O2/c1-4-13(3)21-18(23)14-6-8-15(9-7-14)19(24)22-16-10-5-12(2)17(20)11-16/h5,10-11,13-15H,4,6-9H2,1-3H3,(H,21,23)(H,22,24). The Morgan fingerprint density at radius 1 is 1.17 bits per heavy atom. The van der Waals surface area contributed by atoms with Crippen LogP contribution in [0, 0.1) is 18.8 Å². The van der Waals surface area contributed by atoms with E-state index in [1.54, 1.807) is 0 Å². The third-order valence-electron chi connectivity index (χ3n) is 4.91. The Labute approximate surface area is 152 Å². The summed E-state index contributed by atoms with van der Waals surface area (Å²) in [6.07, 6.45) is 4.07. The van der Waals surface area contributed by atoms with Crippen molar-refractivity contribution in [3.05, 3.63) is 28.2 Å². The normalized spacial score (nSPS) is 21.8. The highest BCUT2D eigenvalue weighted by Crippen LogP contribution is 2.30. The van der Waals surface area contributed by atoms with Crippen molar-refractivity contribution in [2.45, 2.75) is 58.9 Å². The van der Waals surface area contributed by atoms with Crippen molar-refractivity contribution in [1.82, 2.24) is 5.32 Å². The van der Waals surface area contributed by atoms with Crippen molar-refractivity contribution in [3.63, 3.8) is 0 Å². The minimum Gasteiger partial charge on any atom is -0.353 e. The summed E-state index contributed by atoms with van der Waals surface area (Å²) in [5.74, 6) is 0.256. The monoisotopic (exact) mass is 394 g/mol. The maximum Gasteiger partial charge on any atom is 0.227 e. The fourth-order valence-electron chi connectivity index (χ4n) is 3.00. The van der Waals surface area contributed by atoms with Crippen LogP contribution in [0.1, 0.15) is 51.5 Å². The minimum atomic E-state index is -0.00210. The highest BCUT2D eigenvalue weighted by molar-refractivity contribution is 9.10.